The molecule has 0 aliphatic carbocycles. The van der Waals surface area contributed by atoms with Gasteiger partial charge >= 0.3 is 0 Å². The lowest BCUT2D eigenvalue weighted by molar-refractivity contribution is 1.46. The van der Waals surface area contributed by atoms with Gasteiger partial charge in [-0.25, -0.2) is 0 Å². The molecule has 0 aliphatic heterocycles. The van der Waals surface area contributed by atoms with Crippen LogP contribution in [-0.2, 0) is 0 Å². The zero-order chi connectivity index (χ0) is 8.81. The first kappa shape index (κ1) is 9.97. The van der Waals surface area contributed by atoms with E-state index in [0.717, 1.165) is 15.7 Å². The number of benzene rings is 1. The van der Waals surface area contributed by atoms with E-state index in [2.05, 4.69) is 0 Å². The van der Waals surface area contributed by atoms with Gasteiger partial charge in [-0.15, -0.1) is 11.8 Å². The normalized spacial score (nSPS) is 10.8. The molecule has 0 saturated carbocycles. The molecule has 0 amide bonds. The van der Waals surface area contributed by atoms with Crippen LogP contribution in [0.3, 0.4) is 0 Å². The van der Waals surface area contributed by atoms with Crippen LogP contribution in [0.2, 0.25) is 5.02 Å². The quantitative estimate of drug-likeness (QED) is 0.687. The van der Waals surface area contributed by atoms with Gasteiger partial charge in [0.05, 0.1) is 5.02 Å². The molecule has 1 aromatic rings. The second-order valence-corrected chi connectivity index (χ2v) is 3.82. The molecule has 0 radical (unpaired) electrons. The maximum Gasteiger partial charge on any atom is 0.0541 e. The van der Waals surface area contributed by atoms with Gasteiger partial charge in [-0.3, -0.25) is 0 Å². The van der Waals surface area contributed by atoms with Crippen LogP contribution in [0.15, 0.2) is 40.8 Å². The van der Waals surface area contributed by atoms with Crippen molar-refractivity contribution in [2.75, 3.05) is 5.75 Å². The zero-order valence-corrected chi connectivity index (χ0v) is 8.66. The van der Waals surface area contributed by atoms with Gasteiger partial charge in [0.2, 0.25) is 0 Å². The molecular formula is C9H8Cl2S. The zero-order valence-electron chi connectivity index (χ0n) is 6.34. The second-order valence-electron chi connectivity index (χ2n) is 2.10. The first-order valence-corrected chi connectivity index (χ1v) is 5.27. The van der Waals surface area contributed by atoms with Gasteiger partial charge < -0.3 is 0 Å². The van der Waals surface area contributed by atoms with Crippen LogP contribution in [0.1, 0.15) is 0 Å². The highest BCUT2D eigenvalue weighted by Gasteiger charge is 1.96. The Hall–Kier alpha value is -0.110. The van der Waals surface area contributed by atoms with E-state index in [1.54, 1.807) is 11.8 Å². The molecule has 0 aromatic heterocycles. The van der Waals surface area contributed by atoms with Crippen LogP contribution in [0.25, 0.3) is 0 Å². The molecular weight excluding hydrogens is 211 g/mol. The van der Waals surface area contributed by atoms with E-state index in [1.165, 1.54) is 5.54 Å². The smallest absolute Gasteiger partial charge is 0.0541 e. The van der Waals surface area contributed by atoms with Crippen LogP contribution in [-0.4, -0.2) is 5.75 Å². The fourth-order valence-electron chi connectivity index (χ4n) is 0.736. The Morgan fingerprint density at radius 1 is 1.33 bits per heavy atom. The first-order chi connectivity index (χ1) is 5.84. The monoisotopic (exact) mass is 218 g/mol. The molecule has 3 heteroatoms. The summed E-state index contributed by atoms with van der Waals surface area (Å²) in [5, 5.41) is 0.797. The number of thioether (sulfide) groups is 1. The minimum Gasteiger partial charge on any atom is -0.120 e. The van der Waals surface area contributed by atoms with Crippen molar-refractivity contribution in [1.29, 1.82) is 0 Å². The molecule has 0 fully saturated rings. The average Bonchev–Trinajstić information content (AvgIpc) is 2.09. The largest absolute Gasteiger partial charge is 0.120 e. The second kappa shape index (κ2) is 5.52. The molecule has 12 heavy (non-hydrogen) atoms. The topological polar surface area (TPSA) is 0 Å². The van der Waals surface area contributed by atoms with Crippen molar-refractivity contribution in [2.24, 2.45) is 0 Å². The van der Waals surface area contributed by atoms with Crippen molar-refractivity contribution >= 4 is 35.0 Å². The van der Waals surface area contributed by atoms with Gasteiger partial charge in [-0.1, -0.05) is 41.4 Å². The summed E-state index contributed by atoms with van der Waals surface area (Å²) in [5.74, 6) is 0.854. The summed E-state index contributed by atoms with van der Waals surface area (Å²) < 4.78 is 0. The van der Waals surface area contributed by atoms with E-state index in [-0.39, 0.29) is 0 Å². The highest BCUT2D eigenvalue weighted by Crippen LogP contribution is 2.26. The van der Waals surface area contributed by atoms with Gasteiger partial charge in [0.15, 0.2) is 0 Å². The van der Waals surface area contributed by atoms with E-state index >= 15 is 0 Å². The van der Waals surface area contributed by atoms with Crippen LogP contribution in [0.5, 0.6) is 0 Å². The Bertz CT molecular complexity index is 271. The third kappa shape index (κ3) is 3.10. The molecule has 0 nitrogen and oxygen atoms in total. The van der Waals surface area contributed by atoms with Crippen molar-refractivity contribution < 1.29 is 0 Å². The van der Waals surface area contributed by atoms with Crippen molar-refractivity contribution in [3.8, 4) is 0 Å². The van der Waals surface area contributed by atoms with Gasteiger partial charge in [0, 0.05) is 16.2 Å². The molecule has 0 unspecified atom stereocenters. The maximum absolute atomic E-state index is 5.93. The number of hydrogen-bond donors (Lipinski definition) is 0. The Labute approximate surface area is 86.6 Å². The first-order valence-electron chi connectivity index (χ1n) is 3.47. The molecule has 1 aromatic carbocycles. The molecule has 1 rings (SSSR count). The Morgan fingerprint density at radius 2 is 2.08 bits per heavy atom. The van der Waals surface area contributed by atoms with E-state index in [1.807, 2.05) is 30.3 Å². The Morgan fingerprint density at radius 3 is 2.75 bits per heavy atom. The van der Waals surface area contributed by atoms with Gasteiger partial charge in [0.1, 0.15) is 0 Å². The summed E-state index contributed by atoms with van der Waals surface area (Å²) in [7, 11) is 0. The number of halogens is 2. The Balaban J connectivity index is 2.57. The lowest BCUT2D eigenvalue weighted by atomic mass is 10.4. The number of rotatable bonds is 3. The summed E-state index contributed by atoms with van der Waals surface area (Å²) in [6.07, 6.45) is 1.88. The minimum absolute atomic E-state index is 0.797. The van der Waals surface area contributed by atoms with Crippen molar-refractivity contribution in [1.82, 2.24) is 0 Å². The molecule has 0 saturated heterocycles. The third-order valence-corrected chi connectivity index (χ3v) is 2.91. The van der Waals surface area contributed by atoms with Gasteiger partial charge in [0.25, 0.3) is 0 Å². The molecule has 0 bridgehead atoms. The summed E-state index contributed by atoms with van der Waals surface area (Å²) >= 11 is 13.0. The lowest BCUT2D eigenvalue weighted by Gasteiger charge is -1.99. The molecule has 0 aliphatic rings. The molecule has 0 N–H and O–H groups in total. The Kier molecular flexibility index (Phi) is 4.59. The highest BCUT2D eigenvalue weighted by molar-refractivity contribution is 7.99. The van der Waals surface area contributed by atoms with E-state index in [9.17, 15) is 0 Å². The predicted molar refractivity (Wildman–Crippen MR) is 57.2 cm³/mol. The van der Waals surface area contributed by atoms with Crippen molar-refractivity contribution in [3.63, 3.8) is 0 Å². The van der Waals surface area contributed by atoms with E-state index in [4.69, 9.17) is 23.2 Å². The third-order valence-electron chi connectivity index (χ3n) is 1.26. The molecule has 0 heterocycles. The van der Waals surface area contributed by atoms with Crippen LogP contribution in [0, 0.1) is 0 Å². The van der Waals surface area contributed by atoms with Crippen LogP contribution < -0.4 is 0 Å². The summed E-state index contributed by atoms with van der Waals surface area (Å²) in [6, 6.07) is 7.77. The van der Waals surface area contributed by atoms with Gasteiger partial charge in [-0.2, -0.15) is 0 Å². The van der Waals surface area contributed by atoms with Crippen molar-refractivity contribution in [2.45, 2.75) is 4.90 Å². The van der Waals surface area contributed by atoms with Gasteiger partial charge in [-0.05, 0) is 12.1 Å². The minimum atomic E-state index is 0.797. The molecule has 0 atom stereocenters. The number of hydrogen-bond acceptors (Lipinski definition) is 1. The van der Waals surface area contributed by atoms with E-state index in [0.29, 0.717) is 0 Å². The highest BCUT2D eigenvalue weighted by atomic mass is 35.5. The summed E-state index contributed by atoms with van der Waals surface area (Å²) in [4.78, 5) is 1.09. The maximum atomic E-state index is 5.93. The average molecular weight is 219 g/mol. The lowest BCUT2D eigenvalue weighted by Crippen LogP contribution is -1.74. The summed E-state index contributed by atoms with van der Waals surface area (Å²) in [5.41, 5.74) is 1.52. The standard InChI is InChI=1S/C9H8Cl2S/c10-6-3-7-12-9-5-2-1-4-8(9)11/h1-6H,7H2/b6-3+. The van der Waals surface area contributed by atoms with Crippen molar-refractivity contribution in [3.05, 3.63) is 40.9 Å². The van der Waals surface area contributed by atoms with Crippen LogP contribution >= 0.6 is 35.0 Å². The summed E-state index contributed by atoms with van der Waals surface area (Å²) in [6.45, 7) is 0. The predicted octanol–water partition coefficient (Wildman–Crippen LogP) is 4.18. The van der Waals surface area contributed by atoms with E-state index < -0.39 is 0 Å². The SMILES string of the molecule is Cl/C=C/CSc1ccccc1Cl. The fraction of sp³-hybridized carbons (Fsp3) is 0.111. The fourth-order valence-corrected chi connectivity index (χ4v) is 1.98. The molecule has 64 valence electrons. The molecule has 0 spiro atoms. The van der Waals surface area contributed by atoms with Crippen LogP contribution in [0.4, 0.5) is 0 Å².